The lowest BCUT2D eigenvalue weighted by Crippen LogP contribution is -1.95. The molecule has 0 radical (unpaired) electrons. The van der Waals surface area contributed by atoms with Crippen molar-refractivity contribution in [3.05, 3.63) is 62.9 Å². The van der Waals surface area contributed by atoms with Crippen LogP contribution >= 0.6 is 11.3 Å². The summed E-state index contributed by atoms with van der Waals surface area (Å²) in [7, 11) is 0. The van der Waals surface area contributed by atoms with Crippen LogP contribution in [0.3, 0.4) is 0 Å². The molecule has 0 saturated heterocycles. The first-order chi connectivity index (χ1) is 8.99. The van der Waals surface area contributed by atoms with Crippen LogP contribution in [0.1, 0.15) is 25.7 Å². The van der Waals surface area contributed by atoms with E-state index in [1.54, 1.807) is 6.07 Å². The van der Waals surface area contributed by atoms with Crippen LogP contribution in [-0.2, 0) is 0 Å². The molecule has 0 spiro atoms. The largest absolute Gasteiger partial charge is 0.289 e. The number of thiophene rings is 1. The standard InChI is InChI=1S/C15H12F2OS/c1-9-8-12(10(2)19-9)15(18)7-6-11-13(16)4-3-5-14(11)17/h3-8H,1-2H3/b7-6+. The molecule has 98 valence electrons. The molecule has 1 aromatic carbocycles. The van der Waals surface area contributed by atoms with Gasteiger partial charge in [-0.2, -0.15) is 0 Å². The average molecular weight is 278 g/mol. The molecule has 2 aromatic rings. The van der Waals surface area contributed by atoms with Crippen molar-refractivity contribution in [1.82, 2.24) is 0 Å². The van der Waals surface area contributed by atoms with Crippen molar-refractivity contribution >= 4 is 23.2 Å². The van der Waals surface area contributed by atoms with E-state index in [2.05, 4.69) is 0 Å². The Morgan fingerprint density at radius 3 is 2.37 bits per heavy atom. The highest BCUT2D eigenvalue weighted by molar-refractivity contribution is 7.12. The fraction of sp³-hybridized carbons (Fsp3) is 0.133. The van der Waals surface area contributed by atoms with Crippen molar-refractivity contribution in [2.75, 3.05) is 0 Å². The molecule has 0 atom stereocenters. The van der Waals surface area contributed by atoms with E-state index in [0.717, 1.165) is 21.9 Å². The van der Waals surface area contributed by atoms with E-state index >= 15 is 0 Å². The van der Waals surface area contributed by atoms with E-state index in [0.29, 0.717) is 5.56 Å². The summed E-state index contributed by atoms with van der Waals surface area (Å²) in [4.78, 5) is 13.9. The van der Waals surface area contributed by atoms with Gasteiger partial charge in [0.1, 0.15) is 11.6 Å². The molecule has 1 nitrogen and oxygen atoms in total. The van der Waals surface area contributed by atoms with Crippen LogP contribution in [0.5, 0.6) is 0 Å². The Labute approximate surface area is 114 Å². The lowest BCUT2D eigenvalue weighted by atomic mass is 10.1. The van der Waals surface area contributed by atoms with Crippen molar-refractivity contribution in [1.29, 1.82) is 0 Å². The lowest BCUT2D eigenvalue weighted by molar-refractivity contribution is 0.104. The molecular weight excluding hydrogens is 266 g/mol. The van der Waals surface area contributed by atoms with E-state index in [1.807, 2.05) is 13.8 Å². The normalized spacial score (nSPS) is 11.2. The first-order valence-corrected chi connectivity index (χ1v) is 6.54. The first kappa shape index (κ1) is 13.6. The van der Waals surface area contributed by atoms with Crippen molar-refractivity contribution < 1.29 is 13.6 Å². The number of carbonyl (C=O) groups is 1. The van der Waals surface area contributed by atoms with Crippen molar-refractivity contribution in [2.45, 2.75) is 13.8 Å². The number of rotatable bonds is 3. The molecule has 0 aliphatic rings. The molecule has 0 saturated carbocycles. The van der Waals surface area contributed by atoms with Crippen molar-refractivity contribution in [3.8, 4) is 0 Å². The monoisotopic (exact) mass is 278 g/mol. The molecule has 2 rings (SSSR count). The second-order valence-electron chi connectivity index (χ2n) is 4.16. The number of ketones is 1. The molecule has 1 heterocycles. The van der Waals surface area contributed by atoms with Crippen LogP contribution in [0.15, 0.2) is 30.3 Å². The van der Waals surface area contributed by atoms with E-state index in [1.165, 1.54) is 29.6 Å². The number of carbonyl (C=O) groups excluding carboxylic acids is 1. The Balaban J connectivity index is 2.28. The molecule has 0 bridgehead atoms. The summed E-state index contributed by atoms with van der Waals surface area (Å²) >= 11 is 1.52. The Morgan fingerprint density at radius 1 is 1.21 bits per heavy atom. The van der Waals surface area contributed by atoms with Gasteiger partial charge in [0.25, 0.3) is 0 Å². The first-order valence-electron chi connectivity index (χ1n) is 5.72. The number of benzene rings is 1. The zero-order chi connectivity index (χ0) is 14.0. The van der Waals surface area contributed by atoms with Crippen LogP contribution in [0, 0.1) is 25.5 Å². The predicted molar refractivity (Wildman–Crippen MR) is 73.5 cm³/mol. The summed E-state index contributed by atoms with van der Waals surface area (Å²) in [5.41, 5.74) is 0.385. The molecular formula is C15H12F2OS. The molecule has 0 N–H and O–H groups in total. The number of hydrogen-bond acceptors (Lipinski definition) is 2. The fourth-order valence-corrected chi connectivity index (χ4v) is 2.72. The summed E-state index contributed by atoms with van der Waals surface area (Å²) in [6.45, 7) is 3.76. The number of hydrogen-bond donors (Lipinski definition) is 0. The highest BCUT2D eigenvalue weighted by Gasteiger charge is 2.10. The van der Waals surface area contributed by atoms with Gasteiger partial charge < -0.3 is 0 Å². The van der Waals surface area contributed by atoms with Crippen LogP contribution in [0.4, 0.5) is 8.78 Å². The topological polar surface area (TPSA) is 17.1 Å². The van der Waals surface area contributed by atoms with Gasteiger partial charge in [-0.15, -0.1) is 11.3 Å². The summed E-state index contributed by atoms with van der Waals surface area (Å²) in [6, 6.07) is 5.39. The SMILES string of the molecule is Cc1cc(C(=O)/C=C/c2c(F)cccc2F)c(C)s1. The number of aryl methyl sites for hydroxylation is 2. The molecule has 19 heavy (non-hydrogen) atoms. The van der Waals surface area contributed by atoms with Crippen LogP contribution in [0.2, 0.25) is 0 Å². The summed E-state index contributed by atoms with van der Waals surface area (Å²) in [5.74, 6) is -1.60. The number of allylic oxidation sites excluding steroid dienone is 1. The Morgan fingerprint density at radius 2 is 1.84 bits per heavy atom. The van der Waals surface area contributed by atoms with Gasteiger partial charge in [-0.05, 0) is 44.2 Å². The fourth-order valence-electron chi connectivity index (χ4n) is 1.79. The average Bonchev–Trinajstić information content (AvgIpc) is 2.67. The summed E-state index contributed by atoms with van der Waals surface area (Å²) < 4.78 is 26.8. The van der Waals surface area contributed by atoms with E-state index in [-0.39, 0.29) is 11.3 Å². The third kappa shape index (κ3) is 2.96. The third-order valence-electron chi connectivity index (χ3n) is 2.71. The van der Waals surface area contributed by atoms with E-state index in [4.69, 9.17) is 0 Å². The minimum absolute atomic E-state index is 0.194. The third-order valence-corrected chi connectivity index (χ3v) is 3.67. The molecule has 0 unspecified atom stereocenters. The quantitative estimate of drug-likeness (QED) is 0.595. The van der Waals surface area contributed by atoms with Gasteiger partial charge in [-0.25, -0.2) is 8.78 Å². The van der Waals surface area contributed by atoms with Crippen LogP contribution in [0.25, 0.3) is 6.08 Å². The summed E-state index contributed by atoms with van der Waals surface area (Å²) in [6.07, 6.45) is 2.38. The molecule has 4 heteroatoms. The Hall–Kier alpha value is -1.81. The smallest absolute Gasteiger partial charge is 0.186 e. The minimum Gasteiger partial charge on any atom is -0.289 e. The molecule has 0 aliphatic carbocycles. The molecule has 0 fully saturated rings. The van der Waals surface area contributed by atoms with Crippen molar-refractivity contribution in [2.24, 2.45) is 0 Å². The highest BCUT2D eigenvalue weighted by Crippen LogP contribution is 2.22. The van der Waals surface area contributed by atoms with Gasteiger partial charge in [0.05, 0.1) is 0 Å². The van der Waals surface area contributed by atoms with E-state index < -0.39 is 11.6 Å². The van der Waals surface area contributed by atoms with Gasteiger partial charge in [0, 0.05) is 20.9 Å². The Bertz CT molecular complexity index is 636. The predicted octanol–water partition coefficient (Wildman–Crippen LogP) is 4.54. The maximum atomic E-state index is 13.4. The van der Waals surface area contributed by atoms with Crippen LogP contribution < -0.4 is 0 Å². The second-order valence-corrected chi connectivity index (χ2v) is 5.62. The van der Waals surface area contributed by atoms with Gasteiger partial charge in [-0.3, -0.25) is 4.79 Å². The second kappa shape index (κ2) is 5.45. The summed E-state index contributed by atoms with van der Waals surface area (Å²) in [5, 5.41) is 0. The highest BCUT2D eigenvalue weighted by atomic mass is 32.1. The molecule has 0 aliphatic heterocycles. The van der Waals surface area contributed by atoms with Gasteiger partial charge >= 0.3 is 0 Å². The maximum Gasteiger partial charge on any atom is 0.186 e. The van der Waals surface area contributed by atoms with Gasteiger partial charge in [0.15, 0.2) is 5.78 Å². The van der Waals surface area contributed by atoms with Crippen molar-refractivity contribution in [3.63, 3.8) is 0 Å². The molecule has 1 aromatic heterocycles. The zero-order valence-corrected chi connectivity index (χ0v) is 11.4. The lowest BCUT2D eigenvalue weighted by Gasteiger charge is -1.98. The molecule has 0 amide bonds. The Kier molecular flexibility index (Phi) is 3.90. The van der Waals surface area contributed by atoms with Gasteiger partial charge in [0.2, 0.25) is 0 Å². The van der Waals surface area contributed by atoms with Crippen LogP contribution in [-0.4, -0.2) is 5.78 Å². The van der Waals surface area contributed by atoms with Gasteiger partial charge in [-0.1, -0.05) is 6.07 Å². The maximum absolute atomic E-state index is 13.4. The number of halogens is 2. The minimum atomic E-state index is -0.678. The zero-order valence-electron chi connectivity index (χ0n) is 10.5. The van der Waals surface area contributed by atoms with E-state index in [9.17, 15) is 13.6 Å².